The van der Waals surface area contributed by atoms with Gasteiger partial charge in [0.05, 0.1) is 6.20 Å². The molecule has 0 radical (unpaired) electrons. The third-order valence-electron chi connectivity index (χ3n) is 4.34. The highest BCUT2D eigenvalue weighted by Crippen LogP contribution is 2.38. The van der Waals surface area contributed by atoms with Crippen LogP contribution in [0.1, 0.15) is 53.9 Å². The van der Waals surface area contributed by atoms with Gasteiger partial charge >= 0.3 is 0 Å². The average Bonchev–Trinajstić information content (AvgIpc) is 3.05. The van der Waals surface area contributed by atoms with Crippen molar-refractivity contribution >= 4 is 5.91 Å². The zero-order chi connectivity index (χ0) is 14.9. The Morgan fingerprint density at radius 2 is 2.23 bits per heavy atom. The van der Waals surface area contributed by atoms with Crippen LogP contribution in [0, 0.1) is 5.92 Å². The van der Waals surface area contributed by atoms with Gasteiger partial charge in [-0.25, -0.2) is 0 Å². The summed E-state index contributed by atoms with van der Waals surface area (Å²) in [7, 11) is 0. The van der Waals surface area contributed by atoms with Crippen molar-refractivity contribution in [3.8, 4) is 0 Å². The minimum atomic E-state index is -0.0913. The minimum Gasteiger partial charge on any atom is -0.351 e. The molecule has 0 bridgehead atoms. The molecule has 7 heteroatoms. The van der Waals surface area contributed by atoms with Gasteiger partial charge in [-0.05, 0) is 31.6 Å². The van der Waals surface area contributed by atoms with Crippen LogP contribution in [-0.2, 0) is 6.42 Å². The Labute approximate surface area is 127 Å². The molecule has 0 aromatic carbocycles. The minimum absolute atomic E-state index is 0.0913. The lowest BCUT2D eigenvalue weighted by Crippen LogP contribution is -2.40. The van der Waals surface area contributed by atoms with Gasteiger partial charge in [0.25, 0.3) is 5.91 Å². The molecule has 1 atom stereocenters. The normalized spacial score (nSPS) is 22.0. The molecule has 116 valence electrons. The van der Waals surface area contributed by atoms with Crippen LogP contribution in [0.25, 0.3) is 0 Å². The largest absolute Gasteiger partial charge is 0.351 e. The van der Waals surface area contributed by atoms with Gasteiger partial charge in [0, 0.05) is 31.5 Å². The van der Waals surface area contributed by atoms with Crippen molar-refractivity contribution in [1.82, 2.24) is 20.2 Å². The standard InChI is InChI=1S/C15H18N4O3/c20-15(12-5-6-16-21-12)19-7-1-2-10(9-19)8-13-17-14(18-22-13)11-3-4-11/h5-6,10-11H,1-4,7-9H2/t10-/m1/s1. The second kappa shape index (κ2) is 5.55. The van der Waals surface area contributed by atoms with E-state index < -0.39 is 0 Å². The van der Waals surface area contributed by atoms with Crippen molar-refractivity contribution in [2.75, 3.05) is 13.1 Å². The molecule has 2 aromatic rings. The Bertz CT molecular complexity index is 648. The fraction of sp³-hybridized carbons (Fsp3) is 0.600. The summed E-state index contributed by atoms with van der Waals surface area (Å²) < 4.78 is 10.3. The van der Waals surface area contributed by atoms with Gasteiger partial charge in [0.2, 0.25) is 11.7 Å². The molecular formula is C15H18N4O3. The lowest BCUT2D eigenvalue weighted by molar-refractivity contribution is 0.0626. The van der Waals surface area contributed by atoms with Crippen LogP contribution in [0.15, 0.2) is 21.3 Å². The second-order valence-electron chi connectivity index (χ2n) is 6.16. The van der Waals surface area contributed by atoms with Gasteiger partial charge in [-0.3, -0.25) is 4.79 Å². The predicted octanol–water partition coefficient (Wildman–Crippen LogP) is 2.03. The van der Waals surface area contributed by atoms with Gasteiger partial charge < -0.3 is 13.9 Å². The van der Waals surface area contributed by atoms with E-state index in [1.165, 1.54) is 19.0 Å². The van der Waals surface area contributed by atoms with E-state index in [0.29, 0.717) is 30.0 Å². The van der Waals surface area contributed by atoms with E-state index in [9.17, 15) is 4.79 Å². The number of rotatable bonds is 4. The zero-order valence-corrected chi connectivity index (χ0v) is 12.3. The zero-order valence-electron chi connectivity index (χ0n) is 12.3. The number of carbonyl (C=O) groups excluding carboxylic acids is 1. The van der Waals surface area contributed by atoms with Gasteiger partial charge in [0.1, 0.15) is 0 Å². The first-order valence-corrected chi connectivity index (χ1v) is 7.82. The Morgan fingerprint density at radius 3 is 3.00 bits per heavy atom. The molecule has 7 nitrogen and oxygen atoms in total. The van der Waals surface area contributed by atoms with Crippen molar-refractivity contribution in [2.24, 2.45) is 5.92 Å². The molecule has 22 heavy (non-hydrogen) atoms. The third kappa shape index (κ3) is 2.75. The van der Waals surface area contributed by atoms with E-state index in [1.54, 1.807) is 6.07 Å². The molecule has 3 heterocycles. The molecule has 1 saturated heterocycles. The highest BCUT2D eigenvalue weighted by atomic mass is 16.5. The monoisotopic (exact) mass is 302 g/mol. The maximum absolute atomic E-state index is 12.3. The van der Waals surface area contributed by atoms with E-state index in [2.05, 4.69) is 15.3 Å². The number of carbonyl (C=O) groups is 1. The number of hydrogen-bond acceptors (Lipinski definition) is 6. The van der Waals surface area contributed by atoms with Crippen molar-refractivity contribution in [2.45, 2.75) is 38.0 Å². The first-order valence-electron chi connectivity index (χ1n) is 7.82. The lowest BCUT2D eigenvalue weighted by atomic mass is 9.94. The van der Waals surface area contributed by atoms with Crippen LogP contribution in [0.5, 0.6) is 0 Å². The second-order valence-corrected chi connectivity index (χ2v) is 6.16. The average molecular weight is 302 g/mol. The molecule has 1 saturated carbocycles. The quantitative estimate of drug-likeness (QED) is 0.859. The molecule has 1 aliphatic heterocycles. The van der Waals surface area contributed by atoms with Crippen molar-refractivity contribution in [3.63, 3.8) is 0 Å². The number of amides is 1. The van der Waals surface area contributed by atoms with Crippen molar-refractivity contribution in [1.29, 1.82) is 0 Å². The first-order chi connectivity index (χ1) is 10.8. The van der Waals surface area contributed by atoms with Gasteiger partial charge in [-0.15, -0.1) is 0 Å². The molecule has 0 N–H and O–H groups in total. The van der Waals surface area contributed by atoms with Crippen LogP contribution >= 0.6 is 0 Å². The maximum Gasteiger partial charge on any atom is 0.292 e. The fourth-order valence-corrected chi connectivity index (χ4v) is 3.00. The van der Waals surface area contributed by atoms with E-state index in [0.717, 1.165) is 31.6 Å². The Hall–Kier alpha value is -2.18. The Balaban J connectivity index is 1.38. The molecular weight excluding hydrogens is 284 g/mol. The molecule has 1 amide bonds. The number of likely N-dealkylation sites (tertiary alicyclic amines) is 1. The molecule has 2 aliphatic rings. The third-order valence-corrected chi connectivity index (χ3v) is 4.34. The van der Waals surface area contributed by atoms with Gasteiger partial charge in [-0.1, -0.05) is 10.3 Å². The summed E-state index contributed by atoms with van der Waals surface area (Å²) in [5.41, 5.74) is 0. The van der Waals surface area contributed by atoms with Crippen LogP contribution in [0.4, 0.5) is 0 Å². The lowest BCUT2D eigenvalue weighted by Gasteiger charge is -2.31. The number of aromatic nitrogens is 3. The summed E-state index contributed by atoms with van der Waals surface area (Å²) >= 11 is 0. The first kappa shape index (κ1) is 13.5. The number of hydrogen-bond donors (Lipinski definition) is 0. The topological polar surface area (TPSA) is 85.3 Å². The Kier molecular flexibility index (Phi) is 3.40. The molecule has 2 fully saturated rings. The summed E-state index contributed by atoms with van der Waals surface area (Å²) in [6.07, 6.45) is 6.62. The molecule has 0 unspecified atom stereocenters. The van der Waals surface area contributed by atoms with Crippen LogP contribution in [-0.4, -0.2) is 39.2 Å². The molecule has 2 aromatic heterocycles. The summed E-state index contributed by atoms with van der Waals surface area (Å²) in [4.78, 5) is 18.6. The summed E-state index contributed by atoms with van der Waals surface area (Å²) in [6.45, 7) is 1.45. The number of piperidine rings is 1. The van der Waals surface area contributed by atoms with Crippen molar-refractivity contribution < 1.29 is 13.8 Å². The summed E-state index contributed by atoms with van der Waals surface area (Å²) in [6, 6.07) is 1.60. The molecule has 1 aliphatic carbocycles. The van der Waals surface area contributed by atoms with E-state index in [1.807, 2.05) is 4.90 Å². The number of nitrogens with zero attached hydrogens (tertiary/aromatic N) is 4. The smallest absolute Gasteiger partial charge is 0.292 e. The molecule has 0 spiro atoms. The molecule has 4 rings (SSSR count). The van der Waals surface area contributed by atoms with Gasteiger partial charge in [-0.2, -0.15) is 4.98 Å². The fourth-order valence-electron chi connectivity index (χ4n) is 3.00. The van der Waals surface area contributed by atoms with Crippen molar-refractivity contribution in [3.05, 3.63) is 29.7 Å². The van der Waals surface area contributed by atoms with E-state index in [-0.39, 0.29) is 5.91 Å². The van der Waals surface area contributed by atoms with Gasteiger partial charge in [0.15, 0.2) is 5.82 Å². The predicted molar refractivity (Wildman–Crippen MR) is 75.1 cm³/mol. The summed E-state index contributed by atoms with van der Waals surface area (Å²) in [5, 5.41) is 7.64. The SMILES string of the molecule is O=C(c1ccno1)N1CCC[C@H](Cc2nc(C3CC3)no2)C1. The highest BCUT2D eigenvalue weighted by Gasteiger charge is 2.30. The maximum atomic E-state index is 12.3. The summed E-state index contributed by atoms with van der Waals surface area (Å²) in [5.74, 6) is 2.61. The van der Waals surface area contributed by atoms with Crippen LogP contribution in [0.3, 0.4) is 0 Å². The Morgan fingerprint density at radius 1 is 1.32 bits per heavy atom. The van der Waals surface area contributed by atoms with Crippen LogP contribution < -0.4 is 0 Å². The highest BCUT2D eigenvalue weighted by molar-refractivity contribution is 5.91. The van der Waals surface area contributed by atoms with E-state index in [4.69, 9.17) is 9.05 Å². The van der Waals surface area contributed by atoms with E-state index >= 15 is 0 Å². The van der Waals surface area contributed by atoms with Crippen LogP contribution in [0.2, 0.25) is 0 Å².